The predicted molar refractivity (Wildman–Crippen MR) is 112 cm³/mol. The van der Waals surface area contributed by atoms with Crippen LogP contribution in [0.25, 0.3) is 0 Å². The molecule has 9 nitrogen and oxygen atoms in total. The first-order valence-corrected chi connectivity index (χ1v) is 11.2. The number of fused-ring (bicyclic) bond motifs is 1. The molecule has 2 unspecified atom stereocenters. The molecule has 0 aliphatic carbocycles. The van der Waals surface area contributed by atoms with Crippen LogP contribution >= 0.6 is 34.7 Å². The number of carbonyl (C=O) groups excluding carboxylic acids is 3. The van der Waals surface area contributed by atoms with Gasteiger partial charge in [0, 0.05) is 10.6 Å². The van der Waals surface area contributed by atoms with Gasteiger partial charge in [-0.1, -0.05) is 17.7 Å². The summed E-state index contributed by atoms with van der Waals surface area (Å²) in [5.41, 5.74) is -1.01. The van der Waals surface area contributed by atoms with Crippen LogP contribution in [-0.2, 0) is 19.1 Å². The highest BCUT2D eigenvalue weighted by molar-refractivity contribution is 8.00. The molecule has 3 N–H and O–H groups in total. The van der Waals surface area contributed by atoms with Crippen molar-refractivity contribution in [1.82, 2.24) is 15.5 Å². The lowest BCUT2D eigenvalue weighted by molar-refractivity contribution is -0.150. The highest BCUT2D eigenvalue weighted by Gasteiger charge is 2.54. The zero-order valence-corrected chi connectivity index (χ0v) is 18.7. The first-order valence-electron chi connectivity index (χ1n) is 8.89. The number of hydrogen-bond donors (Lipinski definition) is 3. The Kier molecular flexibility index (Phi) is 6.34. The van der Waals surface area contributed by atoms with Gasteiger partial charge in [0.15, 0.2) is 0 Å². The van der Waals surface area contributed by atoms with Gasteiger partial charge in [-0.15, -0.1) is 23.1 Å². The van der Waals surface area contributed by atoms with Crippen LogP contribution in [0.4, 0.5) is 4.79 Å². The quantitative estimate of drug-likeness (QED) is 0.560. The second-order valence-corrected chi connectivity index (χ2v) is 10.1. The Morgan fingerprint density at radius 3 is 2.63 bits per heavy atom. The van der Waals surface area contributed by atoms with E-state index >= 15 is 0 Å². The maximum Gasteiger partial charge on any atom is 0.408 e. The molecule has 3 rings (SSSR count). The molecule has 1 aromatic rings. The number of carboxylic acids is 1. The lowest BCUT2D eigenvalue weighted by atomic mass is 10.0. The van der Waals surface area contributed by atoms with Gasteiger partial charge in [-0.2, -0.15) is 0 Å². The smallest absolute Gasteiger partial charge is 0.408 e. The summed E-state index contributed by atoms with van der Waals surface area (Å²) in [5.74, 6) is -2.25. The number of hydrogen-bond acceptors (Lipinski definition) is 7. The molecule has 12 heteroatoms. The molecular formula is C18H20ClN3O6S2. The van der Waals surface area contributed by atoms with E-state index in [0.717, 1.165) is 4.90 Å². The van der Waals surface area contributed by atoms with Crippen molar-refractivity contribution in [3.8, 4) is 0 Å². The Morgan fingerprint density at radius 1 is 1.37 bits per heavy atom. The summed E-state index contributed by atoms with van der Waals surface area (Å²) in [7, 11) is 0. The first kappa shape index (κ1) is 22.4. The Hall–Kier alpha value is -2.24. The summed E-state index contributed by atoms with van der Waals surface area (Å²) < 4.78 is 5.23. The molecule has 2 aliphatic heterocycles. The molecule has 3 heterocycles. The van der Waals surface area contributed by atoms with E-state index in [-0.39, 0.29) is 16.5 Å². The minimum Gasteiger partial charge on any atom is -0.477 e. The summed E-state index contributed by atoms with van der Waals surface area (Å²) in [6, 6.07) is 1.43. The Labute approximate surface area is 185 Å². The Balaban J connectivity index is 1.74. The maximum absolute atomic E-state index is 12.9. The molecule has 3 atom stereocenters. The minimum absolute atomic E-state index is 0.0740. The van der Waals surface area contributed by atoms with Crippen molar-refractivity contribution in [3.63, 3.8) is 0 Å². The van der Waals surface area contributed by atoms with Crippen LogP contribution in [0.15, 0.2) is 28.2 Å². The Bertz CT molecular complexity index is 912. The van der Waals surface area contributed by atoms with Crippen molar-refractivity contribution in [3.05, 3.63) is 33.1 Å². The van der Waals surface area contributed by atoms with Gasteiger partial charge in [-0.05, 0) is 32.2 Å². The van der Waals surface area contributed by atoms with E-state index in [1.165, 1.54) is 23.1 Å². The third-order valence-electron chi connectivity index (χ3n) is 4.17. The Morgan fingerprint density at radius 2 is 2.07 bits per heavy atom. The number of rotatable bonds is 5. The summed E-state index contributed by atoms with van der Waals surface area (Å²) in [6.45, 7) is 5.11. The van der Waals surface area contributed by atoms with Crippen molar-refractivity contribution >= 4 is 58.6 Å². The van der Waals surface area contributed by atoms with Crippen LogP contribution in [-0.4, -0.2) is 56.7 Å². The van der Waals surface area contributed by atoms with Crippen LogP contribution in [0.2, 0.25) is 0 Å². The molecule has 1 saturated heterocycles. The zero-order valence-electron chi connectivity index (χ0n) is 16.3. The number of carboxylic acid groups (broad SMARTS) is 1. The van der Waals surface area contributed by atoms with Crippen LogP contribution in [0.3, 0.4) is 0 Å². The largest absolute Gasteiger partial charge is 0.477 e. The van der Waals surface area contributed by atoms with Crippen molar-refractivity contribution in [2.24, 2.45) is 0 Å². The van der Waals surface area contributed by atoms with E-state index in [2.05, 4.69) is 10.6 Å². The van der Waals surface area contributed by atoms with Gasteiger partial charge in [0.25, 0.3) is 5.91 Å². The number of amides is 3. The van der Waals surface area contributed by atoms with Gasteiger partial charge < -0.3 is 20.5 Å². The zero-order chi connectivity index (χ0) is 22.2. The number of nitrogens with zero attached hydrogens (tertiary/aromatic N) is 1. The number of halogens is 1. The second-order valence-electron chi connectivity index (χ2n) is 7.55. The standard InChI is InChI=1S/C18H20ClN3O6S2/c1-18(2,3)28-17(27)21-10(9-5-4-6-29-9)13(23)20-11-14(24)22-12(16(25)26)8(19)7-30-15(11)22/h4-6,10-11,15H,7H2,1-3H3,(H,20,23)(H,21,27)(H,25,26)/t10?,11?,15-/m1/s1. The number of aliphatic carboxylic acids is 1. The van der Waals surface area contributed by atoms with Gasteiger partial charge in [0.1, 0.15) is 28.8 Å². The summed E-state index contributed by atoms with van der Waals surface area (Å²) in [4.78, 5) is 50.8. The number of thiophene rings is 1. The number of thioether (sulfide) groups is 1. The summed E-state index contributed by atoms with van der Waals surface area (Å²) >= 11 is 8.48. The average molecular weight is 474 g/mol. The van der Waals surface area contributed by atoms with Crippen LogP contribution in [0, 0.1) is 0 Å². The van der Waals surface area contributed by atoms with Gasteiger partial charge in [-0.25, -0.2) is 9.59 Å². The third kappa shape index (κ3) is 4.57. The van der Waals surface area contributed by atoms with E-state index in [9.17, 15) is 24.3 Å². The van der Waals surface area contributed by atoms with Crippen molar-refractivity contribution in [2.45, 2.75) is 43.8 Å². The summed E-state index contributed by atoms with van der Waals surface area (Å²) in [5, 5.41) is 15.7. The fourth-order valence-corrected chi connectivity index (χ4v) is 5.29. The van der Waals surface area contributed by atoms with E-state index in [1.807, 2.05) is 0 Å². The highest BCUT2D eigenvalue weighted by Crippen LogP contribution is 2.41. The molecule has 30 heavy (non-hydrogen) atoms. The molecule has 0 bridgehead atoms. The average Bonchev–Trinajstić information content (AvgIpc) is 3.16. The van der Waals surface area contributed by atoms with E-state index in [1.54, 1.807) is 38.3 Å². The van der Waals surface area contributed by atoms with Crippen molar-refractivity contribution in [2.75, 3.05) is 5.75 Å². The minimum atomic E-state index is -1.30. The number of β-lactam (4-membered cyclic amide) rings is 1. The van der Waals surface area contributed by atoms with Crippen LogP contribution in [0.5, 0.6) is 0 Å². The van der Waals surface area contributed by atoms with Gasteiger partial charge in [0.05, 0.1) is 5.03 Å². The van der Waals surface area contributed by atoms with Gasteiger partial charge >= 0.3 is 12.1 Å². The normalized spacial score (nSPS) is 22.0. The number of ether oxygens (including phenoxy) is 1. The number of alkyl carbamates (subject to hydrolysis) is 1. The third-order valence-corrected chi connectivity index (χ3v) is 6.86. The van der Waals surface area contributed by atoms with Crippen molar-refractivity contribution < 1.29 is 29.0 Å². The van der Waals surface area contributed by atoms with Crippen LogP contribution < -0.4 is 10.6 Å². The van der Waals surface area contributed by atoms with Crippen molar-refractivity contribution in [1.29, 1.82) is 0 Å². The lowest BCUT2D eigenvalue weighted by Gasteiger charge is -2.49. The topological polar surface area (TPSA) is 125 Å². The summed E-state index contributed by atoms with van der Waals surface area (Å²) in [6.07, 6.45) is -0.771. The molecule has 0 radical (unpaired) electrons. The number of nitrogens with one attached hydrogen (secondary N) is 2. The fraction of sp³-hybridized carbons (Fsp3) is 0.444. The highest BCUT2D eigenvalue weighted by atomic mass is 35.5. The molecule has 0 saturated carbocycles. The van der Waals surface area contributed by atoms with E-state index < -0.39 is 46.9 Å². The second kappa shape index (κ2) is 8.48. The molecular weight excluding hydrogens is 454 g/mol. The predicted octanol–water partition coefficient (Wildman–Crippen LogP) is 2.25. The van der Waals surface area contributed by atoms with E-state index in [0.29, 0.717) is 4.88 Å². The lowest BCUT2D eigenvalue weighted by Crippen LogP contribution is -2.71. The number of carbonyl (C=O) groups is 4. The van der Waals surface area contributed by atoms with Crippen LogP contribution in [0.1, 0.15) is 31.7 Å². The molecule has 3 amide bonds. The van der Waals surface area contributed by atoms with Gasteiger partial charge in [0.2, 0.25) is 5.91 Å². The first-order chi connectivity index (χ1) is 14.0. The molecule has 162 valence electrons. The molecule has 1 aromatic heterocycles. The van der Waals surface area contributed by atoms with Gasteiger partial charge in [-0.3, -0.25) is 14.5 Å². The molecule has 1 fully saturated rings. The monoisotopic (exact) mass is 473 g/mol. The molecule has 2 aliphatic rings. The van der Waals surface area contributed by atoms with E-state index in [4.69, 9.17) is 16.3 Å². The SMILES string of the molecule is CC(C)(C)OC(=O)NC(C(=O)NC1C(=O)N2C(C(=O)O)=C(Cl)CS[C@H]12)c1cccs1. The fourth-order valence-electron chi connectivity index (χ4n) is 2.97. The maximum atomic E-state index is 12.9. The molecule has 0 aromatic carbocycles. The molecule has 0 spiro atoms.